The molecule has 0 spiro atoms. The molecule has 0 saturated carbocycles. The van der Waals surface area contributed by atoms with Gasteiger partial charge in [-0.25, -0.2) is 9.18 Å². The van der Waals surface area contributed by atoms with Crippen molar-refractivity contribution in [1.82, 2.24) is 20.4 Å². The fourth-order valence-electron chi connectivity index (χ4n) is 5.50. The third kappa shape index (κ3) is 6.61. The Labute approximate surface area is 269 Å². The fraction of sp³-hybridized carbons (Fsp3) is 0.312. The van der Waals surface area contributed by atoms with Crippen LogP contribution in [0, 0.1) is 11.7 Å². The van der Waals surface area contributed by atoms with Crippen LogP contribution in [0.15, 0.2) is 48.5 Å². The van der Waals surface area contributed by atoms with Gasteiger partial charge >= 0.3 is 6.03 Å². The Hall–Kier alpha value is -4.19. The number of benzene rings is 3. The minimum absolute atomic E-state index is 0.00813. The van der Waals surface area contributed by atoms with Crippen molar-refractivity contribution < 1.29 is 28.3 Å². The van der Waals surface area contributed by atoms with Crippen LogP contribution in [0.3, 0.4) is 0 Å². The number of halogens is 3. The summed E-state index contributed by atoms with van der Waals surface area (Å²) in [5.41, 5.74) is 2.69. The van der Waals surface area contributed by atoms with Gasteiger partial charge in [-0.2, -0.15) is 0 Å². The summed E-state index contributed by atoms with van der Waals surface area (Å²) in [4.78, 5) is 51.5. The van der Waals surface area contributed by atoms with E-state index in [0.717, 1.165) is 4.90 Å². The number of anilines is 1. The predicted octanol–water partition coefficient (Wildman–Crippen LogP) is 4.92. The number of imide groups is 1. The number of amides is 5. The number of hydrogen-bond donors (Lipinski definition) is 3. The molecule has 0 aliphatic carbocycles. The lowest BCUT2D eigenvalue weighted by Gasteiger charge is -2.33. The van der Waals surface area contributed by atoms with E-state index in [0.29, 0.717) is 58.0 Å². The van der Waals surface area contributed by atoms with Crippen LogP contribution in [0.5, 0.6) is 5.75 Å². The van der Waals surface area contributed by atoms with Gasteiger partial charge in [0, 0.05) is 68.4 Å². The number of carbonyl (C=O) groups excluding carboxylic acids is 4. The van der Waals surface area contributed by atoms with Gasteiger partial charge in [-0.05, 0) is 30.2 Å². The minimum atomic E-state index is -1.10. The Morgan fingerprint density at radius 2 is 1.73 bits per heavy atom. The molecule has 3 aromatic carbocycles. The first-order valence-electron chi connectivity index (χ1n) is 14.3. The highest BCUT2D eigenvalue weighted by Crippen LogP contribution is 2.42. The van der Waals surface area contributed by atoms with Gasteiger partial charge in [-0.1, -0.05) is 53.5 Å². The van der Waals surface area contributed by atoms with Crippen molar-refractivity contribution >= 4 is 52.6 Å². The van der Waals surface area contributed by atoms with Crippen molar-refractivity contribution in [2.75, 3.05) is 39.6 Å². The smallest absolute Gasteiger partial charge is 0.326 e. The third-order valence-electron chi connectivity index (χ3n) is 8.08. The summed E-state index contributed by atoms with van der Waals surface area (Å²) in [7, 11) is 4.31. The molecular weight excluding hydrogens is 624 g/mol. The molecule has 0 aromatic heterocycles. The van der Waals surface area contributed by atoms with Crippen molar-refractivity contribution in [3.63, 3.8) is 0 Å². The van der Waals surface area contributed by atoms with Crippen LogP contribution < -0.4 is 20.7 Å². The molecule has 0 radical (unpaired) electrons. The summed E-state index contributed by atoms with van der Waals surface area (Å²) in [5.74, 6) is -2.43. The van der Waals surface area contributed by atoms with Crippen molar-refractivity contribution in [2.24, 2.45) is 5.92 Å². The van der Waals surface area contributed by atoms with Crippen LogP contribution in [-0.2, 0) is 20.9 Å². The molecule has 2 saturated heterocycles. The zero-order valence-electron chi connectivity index (χ0n) is 24.9. The van der Waals surface area contributed by atoms with Crippen molar-refractivity contribution in [1.29, 1.82) is 0 Å². The SMILES string of the molecule is COc1cc(-c2cccc(-c3cccc(NC(=O)C4CN(C)C(=O)N(C)C4=O)c3Cl)c2Cl)cc(F)c1CN[C@H]1CCC(=O)NC1. The lowest BCUT2D eigenvalue weighted by atomic mass is 9.96. The number of urea groups is 1. The van der Waals surface area contributed by atoms with Crippen LogP contribution in [0.2, 0.25) is 10.0 Å². The molecule has 3 aromatic rings. The number of hydrogen-bond acceptors (Lipinski definition) is 6. The quantitative estimate of drug-likeness (QED) is 0.296. The van der Waals surface area contributed by atoms with Gasteiger partial charge in [0.2, 0.25) is 17.7 Å². The third-order valence-corrected chi connectivity index (χ3v) is 8.89. The summed E-state index contributed by atoms with van der Waals surface area (Å²) >= 11 is 13.7. The molecule has 10 nitrogen and oxygen atoms in total. The first-order chi connectivity index (χ1) is 21.5. The Bertz CT molecular complexity index is 1680. The molecular formula is C32H32Cl2FN5O5. The number of ether oxygens (including phenoxy) is 1. The molecule has 0 bridgehead atoms. The van der Waals surface area contributed by atoms with Crippen molar-refractivity contribution in [3.05, 3.63) is 70.0 Å². The van der Waals surface area contributed by atoms with E-state index in [-0.39, 0.29) is 35.7 Å². The van der Waals surface area contributed by atoms with Crippen LogP contribution in [0.25, 0.3) is 22.3 Å². The number of carbonyl (C=O) groups is 4. The molecule has 2 atom stereocenters. The maximum absolute atomic E-state index is 15.5. The zero-order chi connectivity index (χ0) is 32.4. The lowest BCUT2D eigenvalue weighted by Crippen LogP contribution is -2.56. The van der Waals surface area contributed by atoms with E-state index in [2.05, 4.69) is 16.0 Å². The molecule has 2 fully saturated rings. The van der Waals surface area contributed by atoms with Crippen molar-refractivity contribution in [2.45, 2.75) is 25.4 Å². The number of nitrogens with zero attached hydrogens (tertiary/aromatic N) is 2. The molecule has 2 heterocycles. The van der Waals surface area contributed by atoms with E-state index >= 15 is 4.39 Å². The van der Waals surface area contributed by atoms with Crippen molar-refractivity contribution in [3.8, 4) is 28.0 Å². The highest BCUT2D eigenvalue weighted by atomic mass is 35.5. The maximum Gasteiger partial charge on any atom is 0.326 e. The highest BCUT2D eigenvalue weighted by molar-refractivity contribution is 6.39. The van der Waals surface area contributed by atoms with E-state index in [4.69, 9.17) is 27.9 Å². The number of nitrogens with one attached hydrogen (secondary N) is 3. The van der Waals surface area contributed by atoms with Gasteiger partial charge in [-0.3, -0.25) is 19.3 Å². The minimum Gasteiger partial charge on any atom is -0.496 e. The van der Waals surface area contributed by atoms with Gasteiger partial charge in [-0.15, -0.1) is 0 Å². The largest absolute Gasteiger partial charge is 0.496 e. The Kier molecular flexibility index (Phi) is 9.62. The highest BCUT2D eigenvalue weighted by Gasteiger charge is 2.39. The maximum atomic E-state index is 15.5. The standard InChI is InChI=1S/C32H32Cl2FN5O5/c1-39-16-23(31(43)40(2)32(39)44)30(42)38-25-9-5-8-21(29(25)34)20-7-4-6-19(28(20)33)17-12-24(35)22(26(13-17)45-3)15-36-18-10-11-27(41)37-14-18/h4-9,12-13,18,23,36H,10-11,14-16H2,1-3H3,(H,37,41)(H,38,42)/t18-,23?/m0/s1. The summed E-state index contributed by atoms with van der Waals surface area (Å²) in [5, 5.41) is 9.30. The van der Waals surface area contributed by atoms with Crippen LogP contribution >= 0.6 is 23.2 Å². The zero-order valence-corrected chi connectivity index (χ0v) is 26.4. The van der Waals surface area contributed by atoms with Gasteiger partial charge in [0.05, 0.1) is 22.8 Å². The molecule has 13 heteroatoms. The average Bonchev–Trinajstić information content (AvgIpc) is 3.03. The van der Waals surface area contributed by atoms with Gasteiger partial charge in [0.1, 0.15) is 17.5 Å². The molecule has 1 unspecified atom stereocenters. The first kappa shape index (κ1) is 32.2. The molecule has 2 aliphatic rings. The Balaban J connectivity index is 1.40. The lowest BCUT2D eigenvalue weighted by molar-refractivity contribution is -0.140. The van der Waals surface area contributed by atoms with Gasteiger partial charge in [0.15, 0.2) is 0 Å². The fourth-order valence-corrected chi connectivity index (χ4v) is 6.11. The van der Waals surface area contributed by atoms with E-state index in [9.17, 15) is 19.2 Å². The van der Waals surface area contributed by atoms with E-state index < -0.39 is 29.6 Å². The molecule has 5 rings (SSSR count). The van der Waals surface area contributed by atoms with Gasteiger partial charge in [0.25, 0.3) is 0 Å². The number of piperidine rings is 1. The second kappa shape index (κ2) is 13.4. The molecule has 2 aliphatic heterocycles. The van der Waals surface area contributed by atoms with Gasteiger partial charge < -0.3 is 25.6 Å². The normalized spacial score (nSPS) is 18.6. The average molecular weight is 657 g/mol. The second-order valence-electron chi connectivity index (χ2n) is 11.0. The second-order valence-corrected chi connectivity index (χ2v) is 11.8. The Morgan fingerprint density at radius 3 is 2.42 bits per heavy atom. The van der Waals surface area contributed by atoms with E-state index in [1.165, 1.54) is 32.2 Å². The summed E-state index contributed by atoms with van der Waals surface area (Å²) in [6.07, 6.45) is 1.08. The number of rotatable bonds is 8. The summed E-state index contributed by atoms with van der Waals surface area (Å²) in [6.45, 7) is 0.630. The van der Waals surface area contributed by atoms with E-state index in [1.807, 2.05) is 0 Å². The van der Waals surface area contributed by atoms with Crippen LogP contribution in [-0.4, -0.2) is 73.9 Å². The first-order valence-corrected chi connectivity index (χ1v) is 15.0. The molecule has 45 heavy (non-hydrogen) atoms. The molecule has 236 valence electrons. The summed E-state index contributed by atoms with van der Waals surface area (Å²) in [6, 6.07) is 12.9. The molecule has 3 N–H and O–H groups in total. The topological polar surface area (TPSA) is 120 Å². The van der Waals surface area contributed by atoms with Crippen LogP contribution in [0.1, 0.15) is 18.4 Å². The Morgan fingerprint density at radius 1 is 1.04 bits per heavy atom. The monoisotopic (exact) mass is 655 g/mol. The van der Waals surface area contributed by atoms with Crippen LogP contribution in [0.4, 0.5) is 14.9 Å². The van der Waals surface area contributed by atoms with E-state index in [1.54, 1.807) is 42.5 Å². The number of methoxy groups -OCH3 is 1. The summed E-state index contributed by atoms with van der Waals surface area (Å²) < 4.78 is 21.0. The molecule has 5 amide bonds. The predicted molar refractivity (Wildman–Crippen MR) is 170 cm³/mol.